The van der Waals surface area contributed by atoms with Gasteiger partial charge in [-0.15, -0.1) is 0 Å². The van der Waals surface area contributed by atoms with E-state index in [0.717, 1.165) is 10.9 Å². The molecule has 0 unspecified atom stereocenters. The highest BCUT2D eigenvalue weighted by Gasteiger charge is 2.65. The van der Waals surface area contributed by atoms with Crippen molar-refractivity contribution in [2.45, 2.75) is 23.8 Å². The number of rotatable bonds is 3. The standard InChI is InChI=1S/C10H14N5O7P/c11-7-5-8(13-2-12-7)15(3-14-5)9-6(17)10(18,23(19,20)21)4(1-16)22-9/h2-4,6,9,16-18H,1H2,(H2,11,12,13)(H2,19,20,21)/t4-,6-,9-,10-/m1/s1. The maximum Gasteiger partial charge on any atom is 0.362 e. The first-order valence-corrected chi connectivity index (χ1v) is 7.98. The van der Waals surface area contributed by atoms with E-state index in [1.54, 1.807) is 0 Å². The highest BCUT2D eigenvalue weighted by atomic mass is 31.2. The van der Waals surface area contributed by atoms with Gasteiger partial charge in [0.25, 0.3) is 0 Å². The number of anilines is 1. The van der Waals surface area contributed by atoms with Crippen molar-refractivity contribution in [3.63, 3.8) is 0 Å². The molecule has 3 heterocycles. The van der Waals surface area contributed by atoms with E-state index in [9.17, 15) is 29.7 Å². The highest BCUT2D eigenvalue weighted by Crippen LogP contribution is 2.59. The number of aliphatic hydroxyl groups excluding tert-OH is 2. The zero-order chi connectivity index (χ0) is 17.0. The Bertz CT molecular complexity index is 793. The lowest BCUT2D eigenvalue weighted by atomic mass is 10.1. The number of imidazole rings is 1. The summed E-state index contributed by atoms with van der Waals surface area (Å²) < 4.78 is 18.0. The van der Waals surface area contributed by atoms with E-state index >= 15 is 0 Å². The first-order chi connectivity index (χ1) is 10.7. The number of nitrogen functional groups attached to an aromatic ring is 1. The van der Waals surface area contributed by atoms with Gasteiger partial charge < -0.3 is 35.6 Å². The number of fused-ring (bicyclic) bond motifs is 1. The van der Waals surface area contributed by atoms with Gasteiger partial charge >= 0.3 is 7.60 Å². The molecule has 7 N–H and O–H groups in total. The summed E-state index contributed by atoms with van der Waals surface area (Å²) in [4.78, 5) is 30.3. The van der Waals surface area contributed by atoms with Gasteiger partial charge in [0.2, 0.25) is 5.34 Å². The lowest BCUT2D eigenvalue weighted by Crippen LogP contribution is -2.48. The molecule has 2 aromatic rings. The molecule has 13 heteroatoms. The average molecular weight is 347 g/mol. The highest BCUT2D eigenvalue weighted by molar-refractivity contribution is 7.53. The Hall–Kier alpha value is -1.66. The van der Waals surface area contributed by atoms with Gasteiger partial charge in [-0.2, -0.15) is 0 Å². The molecule has 0 spiro atoms. The lowest BCUT2D eigenvalue weighted by Gasteiger charge is -2.30. The van der Waals surface area contributed by atoms with Crippen LogP contribution in [0.5, 0.6) is 0 Å². The first kappa shape index (κ1) is 16.2. The summed E-state index contributed by atoms with van der Waals surface area (Å²) in [6.07, 6.45) is -2.89. The SMILES string of the molecule is Nc1ncnc2c1ncn2[C@@H]1O[C@H](CO)[C@@](O)(P(=O)(O)O)[C@@H]1O. The number of ether oxygens (including phenoxy) is 1. The Kier molecular flexibility index (Phi) is 3.65. The van der Waals surface area contributed by atoms with E-state index in [-0.39, 0.29) is 17.0 Å². The second kappa shape index (κ2) is 5.18. The van der Waals surface area contributed by atoms with E-state index in [1.165, 1.54) is 6.33 Å². The molecule has 1 aliphatic heterocycles. The van der Waals surface area contributed by atoms with Crippen molar-refractivity contribution in [3.8, 4) is 0 Å². The van der Waals surface area contributed by atoms with Crippen LogP contribution < -0.4 is 5.73 Å². The molecule has 0 bridgehead atoms. The second-order valence-corrected chi connectivity index (χ2v) is 6.86. The quantitative estimate of drug-likeness (QED) is 0.321. The van der Waals surface area contributed by atoms with Crippen molar-refractivity contribution in [3.05, 3.63) is 12.7 Å². The minimum atomic E-state index is -5.23. The molecule has 4 atom stereocenters. The maximum atomic E-state index is 11.6. The monoisotopic (exact) mass is 347 g/mol. The molecule has 0 aliphatic carbocycles. The van der Waals surface area contributed by atoms with Crippen LogP contribution in [0.3, 0.4) is 0 Å². The Balaban J connectivity index is 2.11. The smallest absolute Gasteiger partial charge is 0.362 e. The van der Waals surface area contributed by atoms with Crippen LogP contribution in [-0.4, -0.2) is 68.8 Å². The number of nitrogens with two attached hydrogens (primary N) is 1. The molecule has 2 aromatic heterocycles. The maximum absolute atomic E-state index is 11.6. The molecule has 0 aromatic carbocycles. The number of hydrogen-bond donors (Lipinski definition) is 6. The zero-order valence-corrected chi connectivity index (χ0v) is 12.4. The van der Waals surface area contributed by atoms with Crippen molar-refractivity contribution in [1.82, 2.24) is 19.5 Å². The summed E-state index contributed by atoms with van der Waals surface area (Å²) in [5, 5.41) is 26.8. The Morgan fingerprint density at radius 3 is 2.65 bits per heavy atom. The molecule has 3 rings (SSSR count). The van der Waals surface area contributed by atoms with E-state index in [1.807, 2.05) is 0 Å². The molecule has 1 aliphatic rings. The zero-order valence-electron chi connectivity index (χ0n) is 11.5. The van der Waals surface area contributed by atoms with Gasteiger partial charge in [0.1, 0.15) is 24.1 Å². The van der Waals surface area contributed by atoms with Crippen LogP contribution >= 0.6 is 7.60 Å². The van der Waals surface area contributed by atoms with Crippen molar-refractivity contribution in [2.24, 2.45) is 0 Å². The molecule has 126 valence electrons. The van der Waals surface area contributed by atoms with Crippen molar-refractivity contribution < 1.29 is 34.4 Å². The van der Waals surface area contributed by atoms with Gasteiger partial charge in [-0.05, 0) is 0 Å². The minimum absolute atomic E-state index is 0.0604. The first-order valence-electron chi connectivity index (χ1n) is 6.37. The van der Waals surface area contributed by atoms with E-state index in [2.05, 4.69) is 15.0 Å². The van der Waals surface area contributed by atoms with Gasteiger partial charge in [-0.25, -0.2) is 15.0 Å². The number of aliphatic hydroxyl groups is 3. The molecule has 0 saturated carbocycles. The fourth-order valence-electron chi connectivity index (χ4n) is 2.55. The second-order valence-electron chi connectivity index (χ2n) is 5.05. The summed E-state index contributed by atoms with van der Waals surface area (Å²) in [5.41, 5.74) is 5.96. The average Bonchev–Trinajstić information content (AvgIpc) is 3.01. The lowest BCUT2D eigenvalue weighted by molar-refractivity contribution is -0.0594. The normalized spacial score (nSPS) is 31.8. The molecular weight excluding hydrogens is 333 g/mol. The Labute approximate surface area is 128 Å². The van der Waals surface area contributed by atoms with Crippen LogP contribution in [0.4, 0.5) is 5.82 Å². The van der Waals surface area contributed by atoms with Crippen molar-refractivity contribution >= 4 is 24.6 Å². The Morgan fingerprint density at radius 2 is 2.09 bits per heavy atom. The van der Waals surface area contributed by atoms with Crippen LogP contribution in [0.15, 0.2) is 12.7 Å². The summed E-state index contributed by atoms with van der Waals surface area (Å²) in [6, 6.07) is 0. The van der Waals surface area contributed by atoms with Crippen LogP contribution in [0.25, 0.3) is 11.2 Å². The molecule has 1 fully saturated rings. The summed E-state index contributed by atoms with van der Waals surface area (Å²) in [7, 11) is -5.23. The van der Waals surface area contributed by atoms with Crippen LogP contribution in [0.1, 0.15) is 6.23 Å². The molecule has 0 radical (unpaired) electrons. The largest absolute Gasteiger partial charge is 0.394 e. The van der Waals surface area contributed by atoms with Gasteiger partial charge in [-0.3, -0.25) is 9.13 Å². The predicted octanol–water partition coefficient (Wildman–Crippen LogP) is -2.47. The molecule has 12 nitrogen and oxygen atoms in total. The third-order valence-corrected chi connectivity index (χ3v) is 5.26. The van der Waals surface area contributed by atoms with Crippen molar-refractivity contribution in [2.75, 3.05) is 12.3 Å². The Morgan fingerprint density at radius 1 is 1.39 bits per heavy atom. The summed E-state index contributed by atoms with van der Waals surface area (Å²) in [5.74, 6) is 0.0604. The summed E-state index contributed by atoms with van der Waals surface area (Å²) in [6.45, 7) is -0.918. The number of nitrogens with zero attached hydrogens (tertiary/aromatic N) is 4. The van der Waals surface area contributed by atoms with E-state index in [4.69, 9.17) is 10.5 Å². The van der Waals surface area contributed by atoms with Crippen molar-refractivity contribution in [1.29, 1.82) is 0 Å². The molecule has 1 saturated heterocycles. The third kappa shape index (κ3) is 2.16. The predicted molar refractivity (Wildman–Crippen MR) is 73.7 cm³/mol. The molecule has 0 amide bonds. The van der Waals surface area contributed by atoms with E-state index in [0.29, 0.717) is 0 Å². The van der Waals surface area contributed by atoms with Gasteiger partial charge in [-0.1, -0.05) is 0 Å². The van der Waals surface area contributed by atoms with Gasteiger partial charge in [0.15, 0.2) is 17.7 Å². The van der Waals surface area contributed by atoms with Gasteiger partial charge in [0, 0.05) is 0 Å². The topological polar surface area (TPSA) is 197 Å². The molecule has 23 heavy (non-hydrogen) atoms. The number of hydrogen-bond acceptors (Lipinski definition) is 9. The van der Waals surface area contributed by atoms with Crippen LogP contribution in [0, 0.1) is 0 Å². The minimum Gasteiger partial charge on any atom is -0.394 e. The van der Waals surface area contributed by atoms with Gasteiger partial charge in [0.05, 0.1) is 12.9 Å². The summed E-state index contributed by atoms with van der Waals surface area (Å²) >= 11 is 0. The fourth-order valence-corrected chi connectivity index (χ4v) is 3.54. The molecular formula is C10H14N5O7P. The van der Waals surface area contributed by atoms with Crippen LogP contribution in [0.2, 0.25) is 0 Å². The third-order valence-electron chi connectivity index (χ3n) is 3.78. The van der Waals surface area contributed by atoms with E-state index < -0.39 is 38.0 Å². The fraction of sp³-hybridized carbons (Fsp3) is 0.500. The van der Waals surface area contributed by atoms with Crippen LogP contribution in [-0.2, 0) is 9.30 Å². The number of aromatic nitrogens is 4.